The molecular formula is C27H20Cl2N2O4S. The summed E-state index contributed by atoms with van der Waals surface area (Å²) in [5, 5.41) is 0.885. The van der Waals surface area contributed by atoms with E-state index in [1.165, 1.54) is 18.3 Å². The summed E-state index contributed by atoms with van der Waals surface area (Å²) >= 11 is 13.4. The largest absolute Gasteiger partial charge is 0.497 e. The summed E-state index contributed by atoms with van der Waals surface area (Å²) in [5.74, 6) is 1.65. The van der Waals surface area contributed by atoms with E-state index in [0.29, 0.717) is 47.9 Å². The minimum Gasteiger partial charge on any atom is -0.497 e. The maximum Gasteiger partial charge on any atom is 0.271 e. The van der Waals surface area contributed by atoms with Crippen molar-refractivity contribution in [1.29, 1.82) is 0 Å². The monoisotopic (exact) mass is 538 g/mol. The van der Waals surface area contributed by atoms with E-state index < -0.39 is 6.04 Å². The van der Waals surface area contributed by atoms with Crippen molar-refractivity contribution in [2.45, 2.75) is 19.9 Å². The van der Waals surface area contributed by atoms with Gasteiger partial charge in [-0.15, -0.1) is 0 Å². The number of benzene rings is 2. The Morgan fingerprint density at radius 3 is 2.53 bits per heavy atom. The van der Waals surface area contributed by atoms with Crippen LogP contribution in [0.15, 0.2) is 80.1 Å². The van der Waals surface area contributed by atoms with Crippen LogP contribution >= 0.6 is 34.5 Å². The van der Waals surface area contributed by atoms with Gasteiger partial charge in [-0.1, -0.05) is 46.7 Å². The average Bonchev–Trinajstić information content (AvgIpc) is 3.44. The van der Waals surface area contributed by atoms with Crippen LogP contribution in [0, 0.1) is 0 Å². The number of Topliss-reactive ketones (excluding diaryl/α,β-unsaturated/α-hetero) is 1. The highest BCUT2D eigenvalue weighted by atomic mass is 35.5. The topological polar surface area (TPSA) is 73.8 Å². The van der Waals surface area contributed by atoms with E-state index in [-0.39, 0.29) is 11.3 Å². The molecule has 182 valence electrons. The van der Waals surface area contributed by atoms with Gasteiger partial charge in [0.05, 0.1) is 27.7 Å². The van der Waals surface area contributed by atoms with Gasteiger partial charge in [0, 0.05) is 22.9 Å². The van der Waals surface area contributed by atoms with Gasteiger partial charge in [-0.05, 0) is 61.9 Å². The van der Waals surface area contributed by atoms with E-state index in [2.05, 4.69) is 4.99 Å². The number of fused-ring (bicyclic) bond motifs is 1. The second-order valence-electron chi connectivity index (χ2n) is 8.24. The number of halogens is 2. The van der Waals surface area contributed by atoms with Gasteiger partial charge in [-0.3, -0.25) is 14.2 Å². The van der Waals surface area contributed by atoms with Crippen molar-refractivity contribution in [3.05, 3.63) is 107 Å². The van der Waals surface area contributed by atoms with Crippen LogP contribution in [0.3, 0.4) is 0 Å². The van der Waals surface area contributed by atoms with Gasteiger partial charge in [0.25, 0.3) is 5.56 Å². The number of thiazole rings is 1. The van der Waals surface area contributed by atoms with Crippen molar-refractivity contribution < 1.29 is 13.9 Å². The molecule has 0 saturated carbocycles. The molecule has 0 bridgehead atoms. The smallest absolute Gasteiger partial charge is 0.271 e. The number of nitrogens with zero attached hydrogens (tertiary/aromatic N) is 2. The molecule has 5 rings (SSSR count). The fraction of sp³-hybridized carbons (Fsp3) is 0.148. The number of hydrogen-bond acceptors (Lipinski definition) is 6. The third-order valence-electron chi connectivity index (χ3n) is 5.94. The van der Waals surface area contributed by atoms with Crippen molar-refractivity contribution in [3.8, 4) is 17.1 Å². The van der Waals surface area contributed by atoms with E-state index >= 15 is 0 Å². The molecule has 1 unspecified atom stereocenters. The average molecular weight is 539 g/mol. The Kier molecular flexibility index (Phi) is 6.47. The first kappa shape index (κ1) is 24.3. The Morgan fingerprint density at radius 2 is 1.86 bits per heavy atom. The van der Waals surface area contributed by atoms with Gasteiger partial charge < -0.3 is 9.15 Å². The SMILES string of the molecule is COc1ccc(C2C(C(C)=O)=C(C)N=c3sc(=Cc4ccc(-c5ccc(Cl)c(Cl)c5)o4)c(=O)n32)cc1. The van der Waals surface area contributed by atoms with E-state index in [1.807, 2.05) is 30.3 Å². The number of rotatable bonds is 5. The van der Waals surface area contributed by atoms with Crippen LogP contribution in [0.1, 0.15) is 31.2 Å². The molecule has 4 aromatic rings. The number of hydrogen-bond donors (Lipinski definition) is 0. The van der Waals surface area contributed by atoms with Gasteiger partial charge >= 0.3 is 0 Å². The minimum atomic E-state index is -0.588. The Labute approximate surface area is 220 Å². The van der Waals surface area contributed by atoms with Crippen molar-refractivity contribution >= 4 is 46.4 Å². The van der Waals surface area contributed by atoms with Crippen LogP contribution in [0.2, 0.25) is 10.0 Å². The maximum absolute atomic E-state index is 13.6. The van der Waals surface area contributed by atoms with Crippen molar-refractivity contribution in [2.75, 3.05) is 7.11 Å². The van der Waals surface area contributed by atoms with E-state index in [0.717, 1.165) is 11.1 Å². The number of carbonyl (C=O) groups excluding carboxylic acids is 1. The summed E-state index contributed by atoms with van der Waals surface area (Å²) in [5.41, 5.74) is 2.39. The highest BCUT2D eigenvalue weighted by Crippen LogP contribution is 2.32. The summed E-state index contributed by atoms with van der Waals surface area (Å²) < 4.78 is 13.3. The summed E-state index contributed by atoms with van der Waals surface area (Å²) in [7, 11) is 1.59. The number of ketones is 1. The zero-order chi connectivity index (χ0) is 25.6. The van der Waals surface area contributed by atoms with Gasteiger partial charge in [-0.25, -0.2) is 4.99 Å². The molecule has 9 heteroatoms. The van der Waals surface area contributed by atoms with Crippen LogP contribution in [-0.2, 0) is 4.79 Å². The third kappa shape index (κ3) is 4.34. The van der Waals surface area contributed by atoms with Crippen LogP contribution in [0.5, 0.6) is 5.75 Å². The van der Waals surface area contributed by atoms with Crippen molar-refractivity contribution in [3.63, 3.8) is 0 Å². The number of aromatic nitrogens is 1. The van der Waals surface area contributed by atoms with Crippen LogP contribution in [0.25, 0.3) is 17.4 Å². The van der Waals surface area contributed by atoms with Gasteiger partial charge in [0.15, 0.2) is 10.6 Å². The molecule has 36 heavy (non-hydrogen) atoms. The molecule has 0 saturated heterocycles. The molecule has 6 nitrogen and oxygen atoms in total. The highest BCUT2D eigenvalue weighted by molar-refractivity contribution is 7.07. The second kappa shape index (κ2) is 9.58. The van der Waals surface area contributed by atoms with Crippen LogP contribution < -0.4 is 19.6 Å². The molecule has 2 aromatic heterocycles. The Bertz CT molecular complexity index is 1710. The first-order valence-electron chi connectivity index (χ1n) is 11.0. The lowest BCUT2D eigenvalue weighted by Gasteiger charge is -2.24. The van der Waals surface area contributed by atoms with E-state index in [4.69, 9.17) is 32.4 Å². The molecule has 0 spiro atoms. The third-order valence-corrected chi connectivity index (χ3v) is 7.66. The molecule has 0 amide bonds. The minimum absolute atomic E-state index is 0.136. The van der Waals surface area contributed by atoms with Crippen LogP contribution in [-0.4, -0.2) is 17.5 Å². The van der Waals surface area contributed by atoms with Crippen molar-refractivity contribution in [1.82, 2.24) is 4.57 Å². The molecule has 0 N–H and O–H groups in total. The summed E-state index contributed by atoms with van der Waals surface area (Å²) in [6.07, 6.45) is 1.68. The van der Waals surface area contributed by atoms with Gasteiger partial charge in [0.2, 0.25) is 0 Å². The van der Waals surface area contributed by atoms with Gasteiger partial charge in [0.1, 0.15) is 17.3 Å². The zero-order valence-electron chi connectivity index (χ0n) is 19.5. The fourth-order valence-corrected chi connectivity index (χ4v) is 5.56. The number of carbonyl (C=O) groups is 1. The normalized spacial score (nSPS) is 15.6. The van der Waals surface area contributed by atoms with Crippen molar-refractivity contribution in [2.24, 2.45) is 4.99 Å². The number of ether oxygens (including phenoxy) is 1. The van der Waals surface area contributed by atoms with Gasteiger partial charge in [-0.2, -0.15) is 0 Å². The Morgan fingerprint density at radius 1 is 1.11 bits per heavy atom. The standard InChI is InChI=1S/C27H20Cl2N2O4S/c1-14-24(15(2)32)25(16-4-7-18(34-3)8-5-16)31-26(33)23(36-27(31)30-14)13-19-9-11-22(35-19)17-6-10-20(28)21(29)12-17/h4-13,25H,1-3H3. The summed E-state index contributed by atoms with van der Waals surface area (Å²) in [6, 6.07) is 15.6. The Hall–Kier alpha value is -3.39. The first-order chi connectivity index (χ1) is 17.3. The highest BCUT2D eigenvalue weighted by Gasteiger charge is 2.30. The maximum atomic E-state index is 13.6. The predicted molar refractivity (Wildman–Crippen MR) is 142 cm³/mol. The lowest BCUT2D eigenvalue weighted by atomic mass is 9.93. The second-order valence-corrected chi connectivity index (χ2v) is 10.1. The fourth-order valence-electron chi connectivity index (χ4n) is 4.24. The Balaban J connectivity index is 1.62. The molecule has 1 aliphatic heterocycles. The molecule has 1 atom stereocenters. The molecule has 1 aliphatic rings. The number of methoxy groups -OCH3 is 1. The molecular weight excluding hydrogens is 519 g/mol. The summed E-state index contributed by atoms with van der Waals surface area (Å²) in [6.45, 7) is 3.29. The zero-order valence-corrected chi connectivity index (χ0v) is 21.9. The lowest BCUT2D eigenvalue weighted by molar-refractivity contribution is -0.114. The molecule has 2 aromatic carbocycles. The predicted octanol–water partition coefficient (Wildman–Crippen LogP) is 5.40. The molecule has 0 aliphatic carbocycles. The number of furan rings is 1. The summed E-state index contributed by atoms with van der Waals surface area (Å²) in [4.78, 5) is 31.3. The van der Waals surface area contributed by atoms with Crippen LogP contribution in [0.4, 0.5) is 0 Å². The lowest BCUT2D eigenvalue weighted by Crippen LogP contribution is -2.39. The quantitative estimate of drug-likeness (QED) is 0.341. The van der Waals surface area contributed by atoms with E-state index in [1.54, 1.807) is 48.9 Å². The molecule has 0 fully saturated rings. The molecule has 3 heterocycles. The van der Waals surface area contributed by atoms with E-state index in [9.17, 15) is 9.59 Å². The first-order valence-corrected chi connectivity index (χ1v) is 12.6. The number of allylic oxidation sites excluding steroid dienone is 2. The molecule has 0 radical (unpaired) electrons.